The van der Waals surface area contributed by atoms with E-state index in [0.717, 1.165) is 16.9 Å². The minimum absolute atomic E-state index is 0. The highest BCUT2D eigenvalue weighted by Crippen LogP contribution is 2.22. The molecule has 2 rings (SSSR count). The van der Waals surface area contributed by atoms with Gasteiger partial charge in [0.05, 0.1) is 13.2 Å². The normalized spacial score (nSPS) is 12.4. The Morgan fingerprint density at radius 3 is 2.32 bits per heavy atom. The van der Waals surface area contributed by atoms with Gasteiger partial charge in [-0.05, 0) is 44.8 Å². The zero-order chi connectivity index (χ0) is 22.1. The van der Waals surface area contributed by atoms with Gasteiger partial charge in [-0.2, -0.15) is 8.78 Å². The molecule has 2 aromatic carbocycles. The second kappa shape index (κ2) is 13.3. The predicted molar refractivity (Wildman–Crippen MR) is 131 cm³/mol. The van der Waals surface area contributed by atoms with Crippen LogP contribution in [0.3, 0.4) is 0 Å². The lowest BCUT2D eigenvalue weighted by Gasteiger charge is -2.26. The molecule has 0 saturated carbocycles. The molecule has 1 atom stereocenters. The first-order chi connectivity index (χ1) is 14.3. The molecule has 2 aromatic rings. The van der Waals surface area contributed by atoms with Crippen LogP contribution in [0.1, 0.15) is 22.7 Å². The second-order valence-electron chi connectivity index (χ2n) is 7.05. The first-order valence-electron chi connectivity index (χ1n) is 9.63. The van der Waals surface area contributed by atoms with Crippen LogP contribution in [-0.2, 0) is 6.54 Å². The maximum atomic E-state index is 12.7. The van der Waals surface area contributed by atoms with E-state index in [2.05, 4.69) is 25.3 Å². The van der Waals surface area contributed by atoms with E-state index in [1.54, 1.807) is 26.3 Å². The molecule has 0 fully saturated rings. The van der Waals surface area contributed by atoms with E-state index in [9.17, 15) is 8.78 Å². The second-order valence-corrected chi connectivity index (χ2v) is 7.05. The average molecular weight is 548 g/mol. The number of nitrogens with one attached hydrogen (secondary N) is 2. The van der Waals surface area contributed by atoms with Crippen molar-refractivity contribution in [2.24, 2.45) is 4.99 Å². The molecule has 0 aromatic heterocycles. The van der Waals surface area contributed by atoms with Crippen molar-refractivity contribution >= 4 is 29.9 Å². The Hall–Kier alpha value is -2.14. The standard InChI is InChI=1S/C22H30F2N4O2.HI/c1-15-6-11-20(30-21(23)24)17(12-15)13-26-22(25-2)27-14-19(28(3)4)16-7-9-18(29-5)10-8-16;/h6-12,19,21H,13-14H2,1-5H3,(H2,25,26,27);1H. The number of aliphatic imine (C=N–C) groups is 1. The van der Waals surface area contributed by atoms with Crippen LogP contribution in [0.4, 0.5) is 8.78 Å². The van der Waals surface area contributed by atoms with Crippen LogP contribution in [0, 0.1) is 6.92 Å². The highest BCUT2D eigenvalue weighted by atomic mass is 127. The number of alkyl halides is 2. The van der Waals surface area contributed by atoms with Crippen LogP contribution in [0.5, 0.6) is 11.5 Å². The molecule has 0 aliphatic rings. The Bertz CT molecular complexity index is 833. The quantitative estimate of drug-likeness (QED) is 0.280. The van der Waals surface area contributed by atoms with Crippen LogP contribution >= 0.6 is 24.0 Å². The number of nitrogens with zero attached hydrogens (tertiary/aromatic N) is 2. The fourth-order valence-corrected chi connectivity index (χ4v) is 3.07. The first kappa shape index (κ1) is 26.9. The summed E-state index contributed by atoms with van der Waals surface area (Å²) in [5.41, 5.74) is 2.73. The fourth-order valence-electron chi connectivity index (χ4n) is 3.07. The Morgan fingerprint density at radius 1 is 1.10 bits per heavy atom. The fraction of sp³-hybridized carbons (Fsp3) is 0.409. The van der Waals surface area contributed by atoms with Crippen molar-refractivity contribution in [3.63, 3.8) is 0 Å². The van der Waals surface area contributed by atoms with Gasteiger partial charge in [0.1, 0.15) is 11.5 Å². The molecule has 0 radical (unpaired) electrons. The number of methoxy groups -OCH3 is 1. The number of benzene rings is 2. The van der Waals surface area contributed by atoms with Gasteiger partial charge < -0.3 is 25.0 Å². The minimum atomic E-state index is -2.87. The molecule has 0 saturated heterocycles. The molecule has 172 valence electrons. The minimum Gasteiger partial charge on any atom is -0.497 e. The van der Waals surface area contributed by atoms with E-state index >= 15 is 0 Å². The van der Waals surface area contributed by atoms with Crippen molar-refractivity contribution in [1.82, 2.24) is 15.5 Å². The topological polar surface area (TPSA) is 58.1 Å². The lowest BCUT2D eigenvalue weighted by atomic mass is 10.1. The molecular formula is C22H31F2IN4O2. The maximum Gasteiger partial charge on any atom is 0.387 e. The summed E-state index contributed by atoms with van der Waals surface area (Å²) in [7, 11) is 7.32. The van der Waals surface area contributed by atoms with E-state index in [1.165, 1.54) is 0 Å². The summed E-state index contributed by atoms with van der Waals surface area (Å²) < 4.78 is 35.2. The first-order valence-corrected chi connectivity index (χ1v) is 9.63. The summed E-state index contributed by atoms with van der Waals surface area (Å²) in [4.78, 5) is 6.34. The van der Waals surface area contributed by atoms with Crippen LogP contribution in [-0.4, -0.2) is 52.3 Å². The van der Waals surface area contributed by atoms with Crippen molar-refractivity contribution in [3.8, 4) is 11.5 Å². The largest absolute Gasteiger partial charge is 0.497 e. The number of likely N-dealkylation sites (N-methyl/N-ethyl adjacent to an activating group) is 1. The van der Waals surface area contributed by atoms with Crippen LogP contribution in [0.2, 0.25) is 0 Å². The molecular weight excluding hydrogens is 517 g/mol. The molecule has 2 N–H and O–H groups in total. The smallest absolute Gasteiger partial charge is 0.387 e. The van der Waals surface area contributed by atoms with Gasteiger partial charge in [-0.3, -0.25) is 4.99 Å². The zero-order valence-electron chi connectivity index (χ0n) is 18.5. The molecule has 31 heavy (non-hydrogen) atoms. The molecule has 0 bridgehead atoms. The van der Waals surface area contributed by atoms with Gasteiger partial charge in [0, 0.05) is 25.7 Å². The Labute approximate surface area is 200 Å². The van der Waals surface area contributed by atoms with E-state index in [4.69, 9.17) is 4.74 Å². The number of hydrogen-bond donors (Lipinski definition) is 2. The van der Waals surface area contributed by atoms with E-state index in [1.807, 2.05) is 51.4 Å². The summed E-state index contributed by atoms with van der Waals surface area (Å²) in [6.07, 6.45) is 0. The molecule has 0 aliphatic heterocycles. The van der Waals surface area contributed by atoms with Crippen molar-refractivity contribution in [1.29, 1.82) is 0 Å². The third kappa shape index (κ3) is 8.48. The summed E-state index contributed by atoms with van der Waals surface area (Å²) in [5, 5.41) is 6.47. The molecule has 9 heteroatoms. The Balaban J connectivity index is 0.00000480. The summed E-state index contributed by atoms with van der Waals surface area (Å²) >= 11 is 0. The van der Waals surface area contributed by atoms with Gasteiger partial charge in [0.2, 0.25) is 0 Å². The number of rotatable bonds is 9. The number of guanidine groups is 1. The van der Waals surface area contributed by atoms with E-state index < -0.39 is 6.61 Å². The number of hydrogen-bond acceptors (Lipinski definition) is 4. The van der Waals surface area contributed by atoms with Gasteiger partial charge in [-0.1, -0.05) is 29.8 Å². The number of halogens is 3. The van der Waals surface area contributed by atoms with Crippen LogP contribution in [0.15, 0.2) is 47.5 Å². The average Bonchev–Trinajstić information content (AvgIpc) is 2.72. The summed E-state index contributed by atoms with van der Waals surface area (Å²) in [5.74, 6) is 1.53. The zero-order valence-corrected chi connectivity index (χ0v) is 20.8. The third-order valence-corrected chi connectivity index (χ3v) is 4.69. The van der Waals surface area contributed by atoms with Crippen LogP contribution in [0.25, 0.3) is 0 Å². The van der Waals surface area contributed by atoms with E-state index in [-0.39, 0.29) is 35.8 Å². The Morgan fingerprint density at radius 2 is 1.77 bits per heavy atom. The third-order valence-electron chi connectivity index (χ3n) is 4.69. The van der Waals surface area contributed by atoms with Crippen molar-refractivity contribution < 1.29 is 18.3 Å². The number of aryl methyl sites for hydroxylation is 1. The molecule has 0 aliphatic carbocycles. The number of ether oxygens (including phenoxy) is 2. The van der Waals surface area contributed by atoms with Crippen molar-refractivity contribution in [2.75, 3.05) is 34.8 Å². The van der Waals surface area contributed by atoms with Crippen molar-refractivity contribution in [2.45, 2.75) is 26.1 Å². The summed E-state index contributed by atoms with van der Waals surface area (Å²) in [6, 6.07) is 13.1. The monoisotopic (exact) mass is 548 g/mol. The highest BCUT2D eigenvalue weighted by Gasteiger charge is 2.15. The molecule has 6 nitrogen and oxygen atoms in total. The highest BCUT2D eigenvalue weighted by molar-refractivity contribution is 14.0. The van der Waals surface area contributed by atoms with Gasteiger partial charge in [-0.25, -0.2) is 0 Å². The van der Waals surface area contributed by atoms with Gasteiger partial charge in [0.15, 0.2) is 5.96 Å². The van der Waals surface area contributed by atoms with E-state index in [0.29, 0.717) is 24.6 Å². The van der Waals surface area contributed by atoms with Gasteiger partial charge >= 0.3 is 6.61 Å². The molecule has 1 unspecified atom stereocenters. The maximum absolute atomic E-state index is 12.7. The lowest BCUT2D eigenvalue weighted by molar-refractivity contribution is -0.0504. The SMILES string of the molecule is CN=C(NCc1cc(C)ccc1OC(F)F)NCC(c1ccc(OC)cc1)N(C)C.I. The summed E-state index contributed by atoms with van der Waals surface area (Å²) in [6.45, 7) is -0.0559. The van der Waals surface area contributed by atoms with Gasteiger partial charge in [0.25, 0.3) is 0 Å². The molecule has 0 amide bonds. The Kier molecular flexibility index (Phi) is 11.5. The van der Waals surface area contributed by atoms with Gasteiger partial charge in [-0.15, -0.1) is 24.0 Å². The molecule has 0 heterocycles. The lowest BCUT2D eigenvalue weighted by Crippen LogP contribution is -2.41. The van der Waals surface area contributed by atoms with Crippen molar-refractivity contribution in [3.05, 3.63) is 59.2 Å². The molecule has 0 spiro atoms. The van der Waals surface area contributed by atoms with Crippen LogP contribution < -0.4 is 20.1 Å². The predicted octanol–water partition coefficient (Wildman–Crippen LogP) is 4.19.